The van der Waals surface area contributed by atoms with Gasteiger partial charge in [-0.3, -0.25) is 11.5 Å². The monoisotopic (exact) mass is 164 g/mol. The van der Waals surface area contributed by atoms with E-state index < -0.39 is 11.6 Å². The van der Waals surface area contributed by atoms with E-state index >= 15 is 0 Å². The van der Waals surface area contributed by atoms with Crippen molar-refractivity contribution < 1.29 is 14.2 Å². The van der Waals surface area contributed by atoms with Crippen molar-refractivity contribution in [2.75, 3.05) is 21.3 Å². The second-order valence-electron chi connectivity index (χ2n) is 2.35. The molecule has 0 atom stereocenters. The van der Waals surface area contributed by atoms with Crippen LogP contribution in [0.4, 0.5) is 0 Å². The highest BCUT2D eigenvalue weighted by atomic mass is 16.7. The van der Waals surface area contributed by atoms with Gasteiger partial charge in [0.25, 0.3) is 0 Å². The molecule has 5 heteroatoms. The third kappa shape index (κ3) is 1.88. The van der Waals surface area contributed by atoms with Crippen molar-refractivity contribution in [1.29, 1.82) is 0 Å². The first-order valence-corrected chi connectivity index (χ1v) is 3.16. The molecule has 0 aromatic carbocycles. The molecular weight excluding hydrogens is 148 g/mol. The van der Waals surface area contributed by atoms with Gasteiger partial charge in [-0.05, 0) is 6.92 Å². The lowest BCUT2D eigenvalue weighted by Gasteiger charge is -2.38. The fourth-order valence-corrected chi connectivity index (χ4v) is 0.588. The third-order valence-electron chi connectivity index (χ3n) is 1.83. The highest BCUT2D eigenvalue weighted by molar-refractivity contribution is 4.81. The minimum absolute atomic E-state index is 1.14. The van der Waals surface area contributed by atoms with Gasteiger partial charge in [-0.2, -0.15) is 0 Å². The van der Waals surface area contributed by atoms with Crippen LogP contribution >= 0.6 is 0 Å². The second-order valence-corrected chi connectivity index (χ2v) is 2.35. The lowest BCUT2D eigenvalue weighted by atomic mass is 10.2. The molecule has 0 radical (unpaired) electrons. The molecule has 5 nitrogen and oxygen atoms in total. The van der Waals surface area contributed by atoms with Crippen LogP contribution in [0.25, 0.3) is 0 Å². The zero-order chi connectivity index (χ0) is 9.12. The Morgan fingerprint density at radius 1 is 0.909 bits per heavy atom. The van der Waals surface area contributed by atoms with Gasteiger partial charge >= 0.3 is 0 Å². The maximum absolute atomic E-state index is 5.52. The van der Waals surface area contributed by atoms with E-state index in [9.17, 15) is 0 Å². The molecule has 0 aromatic rings. The summed E-state index contributed by atoms with van der Waals surface area (Å²) in [6, 6.07) is 0. The summed E-state index contributed by atoms with van der Waals surface area (Å²) in [5.41, 5.74) is 11.0. The maximum Gasteiger partial charge on any atom is 0.225 e. The molecule has 68 valence electrons. The van der Waals surface area contributed by atoms with E-state index in [1.54, 1.807) is 6.92 Å². The average Bonchev–Trinajstić information content (AvgIpc) is 2.02. The third-order valence-corrected chi connectivity index (χ3v) is 1.83. The summed E-state index contributed by atoms with van der Waals surface area (Å²) < 4.78 is 14.7. The molecule has 0 amide bonds. The van der Waals surface area contributed by atoms with Crippen molar-refractivity contribution >= 4 is 0 Å². The summed E-state index contributed by atoms with van der Waals surface area (Å²) in [4.78, 5) is 0. The Morgan fingerprint density at radius 3 is 1.36 bits per heavy atom. The lowest BCUT2D eigenvalue weighted by molar-refractivity contribution is -0.295. The number of hydrogen-bond donors (Lipinski definition) is 2. The zero-order valence-electron chi connectivity index (χ0n) is 7.38. The van der Waals surface area contributed by atoms with Crippen LogP contribution in [0.3, 0.4) is 0 Å². The Kier molecular flexibility index (Phi) is 3.40. The van der Waals surface area contributed by atoms with Crippen LogP contribution in [0.15, 0.2) is 0 Å². The van der Waals surface area contributed by atoms with Crippen molar-refractivity contribution in [3.63, 3.8) is 0 Å². The molecular formula is C6H16N2O3. The van der Waals surface area contributed by atoms with Crippen LogP contribution in [0.2, 0.25) is 0 Å². The summed E-state index contributed by atoms with van der Waals surface area (Å²) in [5, 5.41) is 0. The summed E-state index contributed by atoms with van der Waals surface area (Å²) in [6.07, 6.45) is 0. The Labute approximate surface area is 66.6 Å². The van der Waals surface area contributed by atoms with E-state index in [0.29, 0.717) is 0 Å². The summed E-state index contributed by atoms with van der Waals surface area (Å²) >= 11 is 0. The molecule has 11 heavy (non-hydrogen) atoms. The number of nitrogens with two attached hydrogens (primary N) is 2. The predicted octanol–water partition coefficient (Wildman–Crippen LogP) is -0.787. The van der Waals surface area contributed by atoms with E-state index in [0.717, 1.165) is 0 Å². The molecule has 0 aromatic heterocycles. The Bertz CT molecular complexity index is 123. The van der Waals surface area contributed by atoms with Gasteiger partial charge in [-0.15, -0.1) is 0 Å². The summed E-state index contributed by atoms with van der Waals surface area (Å²) in [5.74, 6) is -2.59. The molecule has 0 unspecified atom stereocenters. The maximum atomic E-state index is 5.52. The fourth-order valence-electron chi connectivity index (χ4n) is 0.588. The van der Waals surface area contributed by atoms with E-state index in [-0.39, 0.29) is 0 Å². The molecule has 0 aliphatic rings. The van der Waals surface area contributed by atoms with E-state index in [1.807, 2.05) is 0 Å². The minimum Gasteiger partial charge on any atom is -0.349 e. The molecule has 0 saturated heterocycles. The van der Waals surface area contributed by atoms with Crippen molar-refractivity contribution in [1.82, 2.24) is 0 Å². The van der Waals surface area contributed by atoms with Crippen LogP contribution in [-0.4, -0.2) is 33.0 Å². The predicted molar refractivity (Wildman–Crippen MR) is 40.5 cm³/mol. The molecule has 0 aliphatic carbocycles. The van der Waals surface area contributed by atoms with Gasteiger partial charge in [-0.1, -0.05) is 0 Å². The number of methoxy groups -OCH3 is 3. The Balaban J connectivity index is 4.47. The van der Waals surface area contributed by atoms with Crippen LogP contribution in [0, 0.1) is 0 Å². The largest absolute Gasteiger partial charge is 0.349 e. The highest BCUT2D eigenvalue weighted by Gasteiger charge is 2.44. The van der Waals surface area contributed by atoms with Crippen LogP contribution in [-0.2, 0) is 14.2 Å². The first-order chi connectivity index (χ1) is 4.93. The van der Waals surface area contributed by atoms with E-state index in [1.165, 1.54) is 21.3 Å². The Morgan fingerprint density at radius 2 is 1.27 bits per heavy atom. The van der Waals surface area contributed by atoms with Crippen molar-refractivity contribution in [3.8, 4) is 0 Å². The molecule has 0 fully saturated rings. The molecule has 0 spiro atoms. The van der Waals surface area contributed by atoms with Gasteiger partial charge in [0.05, 0.1) is 0 Å². The summed E-state index contributed by atoms with van der Waals surface area (Å²) in [7, 11) is 4.27. The van der Waals surface area contributed by atoms with E-state index in [4.69, 9.17) is 25.7 Å². The molecule has 0 rings (SSSR count). The first-order valence-electron chi connectivity index (χ1n) is 3.16. The zero-order valence-corrected chi connectivity index (χ0v) is 7.38. The quantitative estimate of drug-likeness (QED) is 0.532. The SMILES string of the molecule is COC(N)(N)C(C)(OC)OC. The van der Waals surface area contributed by atoms with Gasteiger partial charge in [0.1, 0.15) is 0 Å². The number of ether oxygens (including phenoxy) is 3. The number of rotatable bonds is 4. The van der Waals surface area contributed by atoms with Crippen molar-refractivity contribution in [2.24, 2.45) is 11.5 Å². The molecule has 4 N–H and O–H groups in total. The van der Waals surface area contributed by atoms with Gasteiger partial charge in [0.15, 0.2) is 0 Å². The molecule has 0 aliphatic heterocycles. The fraction of sp³-hybridized carbons (Fsp3) is 1.00. The molecule has 0 heterocycles. The molecule has 0 saturated carbocycles. The molecule has 0 bridgehead atoms. The minimum atomic E-state index is -1.45. The van der Waals surface area contributed by atoms with Gasteiger partial charge in [0, 0.05) is 21.3 Å². The smallest absolute Gasteiger partial charge is 0.225 e. The number of hydrogen-bond acceptors (Lipinski definition) is 5. The van der Waals surface area contributed by atoms with Gasteiger partial charge in [0.2, 0.25) is 11.6 Å². The lowest BCUT2D eigenvalue weighted by Crippen LogP contribution is -2.68. The van der Waals surface area contributed by atoms with Crippen LogP contribution in [0.5, 0.6) is 0 Å². The second kappa shape index (κ2) is 3.46. The van der Waals surface area contributed by atoms with Crippen LogP contribution < -0.4 is 11.5 Å². The van der Waals surface area contributed by atoms with Crippen molar-refractivity contribution in [3.05, 3.63) is 0 Å². The first kappa shape index (κ1) is 10.8. The topological polar surface area (TPSA) is 79.7 Å². The highest BCUT2D eigenvalue weighted by Crippen LogP contribution is 2.19. The standard InChI is InChI=1S/C6H16N2O3/c1-5(9-2,10-3)6(7,8)11-4/h7-8H2,1-4H3. The average molecular weight is 164 g/mol. The Hall–Kier alpha value is -0.200. The van der Waals surface area contributed by atoms with Crippen LogP contribution in [0.1, 0.15) is 6.92 Å². The summed E-state index contributed by atoms with van der Waals surface area (Å²) in [6.45, 7) is 1.59. The van der Waals surface area contributed by atoms with Gasteiger partial charge in [-0.25, -0.2) is 0 Å². The van der Waals surface area contributed by atoms with Crippen molar-refractivity contribution in [2.45, 2.75) is 18.6 Å². The normalized spacial score (nSPS) is 13.6. The van der Waals surface area contributed by atoms with Gasteiger partial charge < -0.3 is 14.2 Å². The van der Waals surface area contributed by atoms with E-state index in [2.05, 4.69) is 0 Å².